The number of methoxy groups -OCH3 is 1. The van der Waals surface area contributed by atoms with E-state index in [-0.39, 0.29) is 5.91 Å². The number of halogens is 1. The molecule has 1 saturated heterocycles. The zero-order valence-electron chi connectivity index (χ0n) is 18.2. The Hall–Kier alpha value is -2.80. The smallest absolute Gasteiger partial charge is 0.270 e. The van der Waals surface area contributed by atoms with Crippen LogP contribution in [0.25, 0.3) is 6.08 Å². The zero-order chi connectivity index (χ0) is 23.4. The predicted molar refractivity (Wildman–Crippen MR) is 140 cm³/mol. The van der Waals surface area contributed by atoms with Crippen molar-refractivity contribution in [1.29, 1.82) is 0 Å². The summed E-state index contributed by atoms with van der Waals surface area (Å²) < 4.78 is 12.0. The molecule has 0 bridgehead atoms. The van der Waals surface area contributed by atoms with Crippen molar-refractivity contribution in [2.45, 2.75) is 20.0 Å². The van der Waals surface area contributed by atoms with Crippen LogP contribution in [0.5, 0.6) is 11.5 Å². The second kappa shape index (κ2) is 10.4. The first-order chi connectivity index (χ1) is 16.0. The normalized spacial score (nSPS) is 14.8. The van der Waals surface area contributed by atoms with Crippen molar-refractivity contribution in [2.75, 3.05) is 12.0 Å². The van der Waals surface area contributed by atoms with E-state index in [2.05, 4.69) is 6.92 Å². The van der Waals surface area contributed by atoms with E-state index in [0.29, 0.717) is 32.4 Å². The summed E-state index contributed by atoms with van der Waals surface area (Å²) in [5, 5.41) is 0.653. The van der Waals surface area contributed by atoms with Crippen molar-refractivity contribution in [3.8, 4) is 11.5 Å². The van der Waals surface area contributed by atoms with Crippen LogP contribution in [0.2, 0.25) is 5.02 Å². The number of benzene rings is 3. The Morgan fingerprint density at radius 1 is 1.03 bits per heavy atom. The quantitative estimate of drug-likeness (QED) is 0.263. The van der Waals surface area contributed by atoms with Gasteiger partial charge in [0, 0.05) is 10.6 Å². The van der Waals surface area contributed by atoms with E-state index in [4.69, 9.17) is 33.3 Å². The molecule has 0 aromatic heterocycles. The van der Waals surface area contributed by atoms with Gasteiger partial charge in [0.15, 0.2) is 15.8 Å². The predicted octanol–water partition coefficient (Wildman–Crippen LogP) is 6.90. The molecule has 3 aromatic rings. The van der Waals surface area contributed by atoms with Gasteiger partial charge in [0.1, 0.15) is 6.61 Å². The SMILES string of the molecule is CCc1ccccc1N1C(=O)C(=Cc2ccc(OCc3ccccc3Cl)c(OC)c2)SC1=S. The van der Waals surface area contributed by atoms with Gasteiger partial charge in [0.25, 0.3) is 5.91 Å². The summed E-state index contributed by atoms with van der Waals surface area (Å²) in [5.41, 5.74) is 3.63. The number of ether oxygens (including phenoxy) is 2. The van der Waals surface area contributed by atoms with Crippen molar-refractivity contribution in [3.63, 3.8) is 0 Å². The summed E-state index contributed by atoms with van der Waals surface area (Å²) in [4.78, 5) is 15.4. The van der Waals surface area contributed by atoms with Crippen LogP contribution in [0.1, 0.15) is 23.6 Å². The van der Waals surface area contributed by atoms with Crippen LogP contribution in [0.3, 0.4) is 0 Å². The molecule has 4 nitrogen and oxygen atoms in total. The molecule has 0 aliphatic carbocycles. The minimum Gasteiger partial charge on any atom is -0.493 e. The van der Waals surface area contributed by atoms with E-state index in [9.17, 15) is 4.79 Å². The monoisotopic (exact) mass is 495 g/mol. The van der Waals surface area contributed by atoms with Gasteiger partial charge in [-0.1, -0.05) is 85.0 Å². The highest BCUT2D eigenvalue weighted by molar-refractivity contribution is 8.27. The number of thioether (sulfide) groups is 1. The first-order valence-electron chi connectivity index (χ1n) is 10.4. The molecule has 1 aliphatic heterocycles. The third kappa shape index (κ3) is 5.08. The van der Waals surface area contributed by atoms with Crippen molar-refractivity contribution in [3.05, 3.63) is 93.3 Å². The molecule has 168 valence electrons. The van der Waals surface area contributed by atoms with Crippen LogP contribution in [0.15, 0.2) is 71.6 Å². The van der Waals surface area contributed by atoms with Gasteiger partial charge in [-0.05, 0) is 47.9 Å². The Balaban J connectivity index is 1.56. The maximum absolute atomic E-state index is 13.2. The average Bonchev–Trinajstić information content (AvgIpc) is 3.11. The molecule has 0 unspecified atom stereocenters. The topological polar surface area (TPSA) is 38.8 Å². The highest BCUT2D eigenvalue weighted by Crippen LogP contribution is 2.38. The van der Waals surface area contributed by atoms with Crippen LogP contribution in [-0.4, -0.2) is 17.3 Å². The summed E-state index contributed by atoms with van der Waals surface area (Å²) in [6.45, 7) is 2.39. The third-order valence-corrected chi connectivity index (χ3v) is 6.90. The first-order valence-corrected chi connectivity index (χ1v) is 12.0. The largest absolute Gasteiger partial charge is 0.493 e. The molecule has 0 spiro atoms. The van der Waals surface area contributed by atoms with Crippen molar-refractivity contribution in [1.82, 2.24) is 0 Å². The Kier molecular flexibility index (Phi) is 7.38. The van der Waals surface area contributed by atoms with E-state index in [1.807, 2.05) is 72.8 Å². The van der Waals surface area contributed by atoms with Crippen molar-refractivity contribution in [2.24, 2.45) is 0 Å². The second-order valence-electron chi connectivity index (χ2n) is 7.29. The average molecular weight is 496 g/mol. The van der Waals surface area contributed by atoms with E-state index in [0.717, 1.165) is 28.8 Å². The highest BCUT2D eigenvalue weighted by Gasteiger charge is 2.34. The second-order valence-corrected chi connectivity index (χ2v) is 9.37. The lowest BCUT2D eigenvalue weighted by Gasteiger charge is -2.18. The Labute approximate surface area is 208 Å². The van der Waals surface area contributed by atoms with E-state index < -0.39 is 0 Å². The van der Waals surface area contributed by atoms with Crippen LogP contribution in [0, 0.1) is 0 Å². The maximum atomic E-state index is 13.2. The first kappa shape index (κ1) is 23.4. The zero-order valence-corrected chi connectivity index (χ0v) is 20.6. The molecule has 3 aromatic carbocycles. The minimum atomic E-state index is -0.121. The number of para-hydroxylation sites is 1. The Morgan fingerprint density at radius 3 is 2.48 bits per heavy atom. The summed E-state index contributed by atoms with van der Waals surface area (Å²) in [7, 11) is 1.59. The van der Waals surface area contributed by atoms with Gasteiger partial charge in [-0.15, -0.1) is 0 Å². The number of carbonyl (C=O) groups excluding carboxylic acids is 1. The van der Waals surface area contributed by atoms with Crippen LogP contribution in [-0.2, 0) is 17.8 Å². The van der Waals surface area contributed by atoms with Gasteiger partial charge in [-0.2, -0.15) is 0 Å². The minimum absolute atomic E-state index is 0.121. The molecule has 1 heterocycles. The van der Waals surface area contributed by atoms with Crippen molar-refractivity contribution >= 4 is 57.6 Å². The molecule has 0 radical (unpaired) electrons. The molecule has 0 atom stereocenters. The Morgan fingerprint density at radius 2 is 1.76 bits per heavy atom. The molecule has 4 rings (SSSR count). The summed E-state index contributed by atoms with van der Waals surface area (Å²) in [5.74, 6) is 1.05. The van der Waals surface area contributed by atoms with Crippen LogP contribution < -0.4 is 14.4 Å². The number of carbonyl (C=O) groups is 1. The molecule has 0 saturated carbocycles. The van der Waals surface area contributed by atoms with E-state index in [1.165, 1.54) is 11.8 Å². The maximum Gasteiger partial charge on any atom is 0.270 e. The third-order valence-electron chi connectivity index (χ3n) is 5.23. The Bertz CT molecular complexity index is 1240. The van der Waals surface area contributed by atoms with E-state index >= 15 is 0 Å². The highest BCUT2D eigenvalue weighted by atomic mass is 35.5. The number of hydrogen-bond acceptors (Lipinski definition) is 5. The molecule has 1 amide bonds. The van der Waals surface area contributed by atoms with E-state index in [1.54, 1.807) is 12.0 Å². The number of thiocarbonyl (C=S) groups is 1. The lowest BCUT2D eigenvalue weighted by molar-refractivity contribution is -0.113. The molecule has 1 fully saturated rings. The summed E-state index contributed by atoms with van der Waals surface area (Å²) >= 11 is 13.0. The van der Waals surface area contributed by atoms with Gasteiger partial charge in [0.05, 0.1) is 17.7 Å². The number of nitrogens with zero attached hydrogens (tertiary/aromatic N) is 1. The van der Waals surface area contributed by atoms with Crippen LogP contribution >= 0.6 is 35.6 Å². The fraction of sp³-hybridized carbons (Fsp3) is 0.154. The molecule has 33 heavy (non-hydrogen) atoms. The fourth-order valence-electron chi connectivity index (χ4n) is 3.52. The van der Waals surface area contributed by atoms with Crippen molar-refractivity contribution < 1.29 is 14.3 Å². The van der Waals surface area contributed by atoms with Crippen LogP contribution in [0.4, 0.5) is 5.69 Å². The standard InChI is InChI=1S/C26H22ClNO3S2/c1-3-18-8-5-7-11-21(18)28-25(29)24(33-26(28)32)15-17-12-13-22(23(14-17)30-2)31-16-19-9-4-6-10-20(19)27/h4-15H,3,16H2,1-2H3. The van der Waals surface area contributed by atoms with Gasteiger partial charge in [-0.3, -0.25) is 9.69 Å². The van der Waals surface area contributed by atoms with Gasteiger partial charge >= 0.3 is 0 Å². The molecule has 7 heteroatoms. The molecule has 1 aliphatic rings. The molecular formula is C26H22ClNO3S2. The summed E-state index contributed by atoms with van der Waals surface area (Å²) in [6.07, 6.45) is 2.65. The van der Waals surface area contributed by atoms with Gasteiger partial charge in [0.2, 0.25) is 0 Å². The summed E-state index contributed by atoms with van der Waals surface area (Å²) in [6, 6.07) is 20.9. The number of aryl methyl sites for hydroxylation is 1. The number of anilines is 1. The molecule has 0 N–H and O–H groups in total. The number of rotatable bonds is 7. The lowest BCUT2D eigenvalue weighted by Crippen LogP contribution is -2.28. The number of amides is 1. The fourth-order valence-corrected chi connectivity index (χ4v) is 4.99. The number of hydrogen-bond donors (Lipinski definition) is 0. The lowest BCUT2D eigenvalue weighted by atomic mass is 10.1. The van der Waals surface area contributed by atoms with Gasteiger partial charge < -0.3 is 9.47 Å². The molecular weight excluding hydrogens is 474 g/mol. The van der Waals surface area contributed by atoms with Gasteiger partial charge in [-0.25, -0.2) is 0 Å².